The Kier molecular flexibility index (Phi) is 6.88. The number of amides is 1. The van der Waals surface area contributed by atoms with E-state index in [2.05, 4.69) is 5.32 Å². The van der Waals surface area contributed by atoms with Gasteiger partial charge in [0.1, 0.15) is 13.2 Å². The van der Waals surface area contributed by atoms with Crippen LogP contribution in [0.25, 0.3) is 0 Å². The zero-order chi connectivity index (χ0) is 23.4. The Morgan fingerprint density at radius 2 is 1.64 bits per heavy atom. The topological polar surface area (TPSA) is 84.9 Å². The standard InChI is InChI=1S/C24H23ClN2O5S/c1-17-2-9-21(10-3-17)33(29,30)27(15-18-4-6-19(25)7-5-18)16-24(28)26-20-8-11-22-23(14-20)32-13-12-31-22/h2-11,14H,12-13,15-16H2,1H3,(H,26,28). The van der Waals surface area contributed by atoms with Crippen LogP contribution in [-0.2, 0) is 21.4 Å². The van der Waals surface area contributed by atoms with Crippen LogP contribution in [0.5, 0.6) is 11.5 Å². The lowest BCUT2D eigenvalue weighted by atomic mass is 10.2. The van der Waals surface area contributed by atoms with E-state index in [1.54, 1.807) is 54.6 Å². The van der Waals surface area contributed by atoms with Crippen LogP contribution in [0.3, 0.4) is 0 Å². The first-order valence-electron chi connectivity index (χ1n) is 10.3. The maximum absolute atomic E-state index is 13.4. The molecular formula is C24H23ClN2O5S. The number of carbonyl (C=O) groups is 1. The molecule has 7 nitrogen and oxygen atoms in total. The van der Waals surface area contributed by atoms with Crippen molar-refractivity contribution in [2.45, 2.75) is 18.4 Å². The van der Waals surface area contributed by atoms with E-state index < -0.39 is 15.9 Å². The van der Waals surface area contributed by atoms with E-state index in [0.29, 0.717) is 41.0 Å². The van der Waals surface area contributed by atoms with Crippen LogP contribution < -0.4 is 14.8 Å². The normalized spacial score (nSPS) is 13.1. The minimum atomic E-state index is -3.93. The molecule has 0 aliphatic carbocycles. The average Bonchev–Trinajstić information content (AvgIpc) is 2.80. The second kappa shape index (κ2) is 9.82. The molecule has 1 amide bonds. The van der Waals surface area contributed by atoms with E-state index in [1.165, 1.54) is 12.1 Å². The van der Waals surface area contributed by atoms with Crippen molar-refractivity contribution in [3.05, 3.63) is 82.9 Å². The van der Waals surface area contributed by atoms with E-state index in [1.807, 2.05) is 6.92 Å². The summed E-state index contributed by atoms with van der Waals surface area (Å²) in [5, 5.41) is 3.29. The SMILES string of the molecule is Cc1ccc(S(=O)(=O)N(CC(=O)Nc2ccc3c(c2)OCCO3)Cc2ccc(Cl)cc2)cc1. The smallest absolute Gasteiger partial charge is 0.243 e. The van der Waals surface area contributed by atoms with Gasteiger partial charge in [0.05, 0.1) is 11.4 Å². The van der Waals surface area contributed by atoms with Gasteiger partial charge in [-0.3, -0.25) is 4.79 Å². The summed E-state index contributed by atoms with van der Waals surface area (Å²) in [5.41, 5.74) is 2.14. The summed E-state index contributed by atoms with van der Waals surface area (Å²) < 4.78 is 38.9. The van der Waals surface area contributed by atoms with Crippen LogP contribution in [0.1, 0.15) is 11.1 Å². The van der Waals surface area contributed by atoms with E-state index >= 15 is 0 Å². The lowest BCUT2D eigenvalue weighted by molar-refractivity contribution is -0.116. The summed E-state index contributed by atoms with van der Waals surface area (Å²) >= 11 is 5.96. The molecule has 4 rings (SSSR count). The Bertz CT molecular complexity index is 1240. The van der Waals surface area contributed by atoms with E-state index in [4.69, 9.17) is 21.1 Å². The number of nitrogens with one attached hydrogen (secondary N) is 1. The lowest BCUT2D eigenvalue weighted by Crippen LogP contribution is -2.37. The molecule has 9 heteroatoms. The van der Waals surface area contributed by atoms with Crippen molar-refractivity contribution in [3.8, 4) is 11.5 Å². The largest absolute Gasteiger partial charge is 0.486 e. The first-order chi connectivity index (χ1) is 15.8. The highest BCUT2D eigenvalue weighted by Crippen LogP contribution is 2.32. The van der Waals surface area contributed by atoms with Crippen molar-refractivity contribution in [3.63, 3.8) is 0 Å². The third-order valence-corrected chi connectivity index (χ3v) is 7.13. The summed E-state index contributed by atoms with van der Waals surface area (Å²) in [5.74, 6) is 0.659. The van der Waals surface area contributed by atoms with Gasteiger partial charge in [0.15, 0.2) is 11.5 Å². The quantitative estimate of drug-likeness (QED) is 0.539. The monoisotopic (exact) mass is 486 g/mol. The molecule has 0 fully saturated rings. The first kappa shape index (κ1) is 23.1. The number of hydrogen-bond acceptors (Lipinski definition) is 5. The van der Waals surface area contributed by atoms with Crippen LogP contribution in [0.4, 0.5) is 5.69 Å². The van der Waals surface area contributed by atoms with Crippen molar-refractivity contribution in [1.82, 2.24) is 4.31 Å². The number of sulfonamides is 1. The van der Waals surface area contributed by atoms with Crippen LogP contribution in [0.2, 0.25) is 5.02 Å². The molecule has 3 aromatic carbocycles. The summed E-state index contributed by atoms with van der Waals surface area (Å²) in [4.78, 5) is 13.0. The van der Waals surface area contributed by atoms with Crippen LogP contribution in [0.15, 0.2) is 71.6 Å². The van der Waals surface area contributed by atoms with Crippen molar-refractivity contribution >= 4 is 33.2 Å². The van der Waals surface area contributed by atoms with Crippen LogP contribution in [0, 0.1) is 6.92 Å². The highest BCUT2D eigenvalue weighted by atomic mass is 35.5. The first-order valence-corrected chi connectivity index (χ1v) is 12.1. The van der Waals surface area contributed by atoms with Gasteiger partial charge in [-0.25, -0.2) is 8.42 Å². The van der Waals surface area contributed by atoms with E-state index in [-0.39, 0.29) is 18.0 Å². The Hall–Kier alpha value is -3.07. The fraction of sp³-hybridized carbons (Fsp3) is 0.208. The highest BCUT2D eigenvalue weighted by Gasteiger charge is 2.27. The van der Waals surface area contributed by atoms with Crippen LogP contribution in [-0.4, -0.2) is 38.4 Å². The van der Waals surface area contributed by atoms with Gasteiger partial charge in [-0.15, -0.1) is 0 Å². The van der Waals surface area contributed by atoms with Crippen molar-refractivity contribution in [2.24, 2.45) is 0 Å². The van der Waals surface area contributed by atoms with Gasteiger partial charge in [-0.05, 0) is 48.9 Å². The molecule has 0 unspecified atom stereocenters. The highest BCUT2D eigenvalue weighted by molar-refractivity contribution is 7.89. The average molecular weight is 487 g/mol. The summed E-state index contributed by atoms with van der Waals surface area (Å²) in [6.45, 7) is 2.42. The number of anilines is 1. The molecule has 1 aliphatic rings. The molecule has 1 N–H and O–H groups in total. The number of benzene rings is 3. The number of nitrogens with zero attached hydrogens (tertiary/aromatic N) is 1. The van der Waals surface area contributed by atoms with Gasteiger partial charge in [0.25, 0.3) is 0 Å². The third-order valence-electron chi connectivity index (χ3n) is 5.08. The minimum absolute atomic E-state index is 0.0158. The number of carbonyl (C=O) groups excluding carboxylic acids is 1. The Morgan fingerprint density at radius 1 is 0.970 bits per heavy atom. The van der Waals surface area contributed by atoms with E-state index in [9.17, 15) is 13.2 Å². The molecule has 0 atom stereocenters. The Labute approximate surface area is 197 Å². The van der Waals surface area contributed by atoms with Crippen LogP contribution >= 0.6 is 11.6 Å². The second-order valence-corrected chi connectivity index (χ2v) is 9.99. The number of rotatable bonds is 7. The lowest BCUT2D eigenvalue weighted by Gasteiger charge is -2.23. The molecule has 0 radical (unpaired) electrons. The van der Waals surface area contributed by atoms with Crippen molar-refractivity contribution < 1.29 is 22.7 Å². The molecule has 0 bridgehead atoms. The summed E-state index contributed by atoms with van der Waals surface area (Å²) in [7, 11) is -3.93. The Balaban J connectivity index is 1.56. The van der Waals surface area contributed by atoms with Gasteiger partial charge < -0.3 is 14.8 Å². The Morgan fingerprint density at radius 3 is 2.33 bits per heavy atom. The minimum Gasteiger partial charge on any atom is -0.486 e. The molecular weight excluding hydrogens is 464 g/mol. The fourth-order valence-electron chi connectivity index (χ4n) is 3.36. The molecule has 1 heterocycles. The number of fused-ring (bicyclic) bond motifs is 1. The number of halogens is 1. The van der Waals surface area contributed by atoms with Gasteiger partial charge in [0, 0.05) is 23.3 Å². The molecule has 172 valence electrons. The van der Waals surface area contributed by atoms with Crippen molar-refractivity contribution in [1.29, 1.82) is 0 Å². The predicted octanol–water partition coefficient (Wildman–Crippen LogP) is 4.25. The molecule has 0 saturated heterocycles. The zero-order valence-corrected chi connectivity index (χ0v) is 19.5. The zero-order valence-electron chi connectivity index (χ0n) is 18.0. The molecule has 0 aromatic heterocycles. The molecule has 1 aliphatic heterocycles. The molecule has 0 saturated carbocycles. The fourth-order valence-corrected chi connectivity index (χ4v) is 4.87. The maximum atomic E-state index is 13.4. The third kappa shape index (κ3) is 5.65. The maximum Gasteiger partial charge on any atom is 0.243 e. The summed E-state index contributed by atoms with van der Waals surface area (Å²) in [6, 6.07) is 18.4. The number of ether oxygens (including phenoxy) is 2. The molecule has 33 heavy (non-hydrogen) atoms. The second-order valence-electron chi connectivity index (χ2n) is 7.62. The molecule has 3 aromatic rings. The predicted molar refractivity (Wildman–Crippen MR) is 126 cm³/mol. The van der Waals surface area contributed by atoms with E-state index in [0.717, 1.165) is 9.87 Å². The number of hydrogen-bond donors (Lipinski definition) is 1. The van der Waals surface area contributed by atoms with Gasteiger partial charge in [-0.2, -0.15) is 4.31 Å². The van der Waals surface area contributed by atoms with Crippen molar-refractivity contribution in [2.75, 3.05) is 25.1 Å². The van der Waals surface area contributed by atoms with Gasteiger partial charge in [0.2, 0.25) is 15.9 Å². The van der Waals surface area contributed by atoms with Gasteiger partial charge in [-0.1, -0.05) is 41.4 Å². The van der Waals surface area contributed by atoms with Gasteiger partial charge >= 0.3 is 0 Å². The molecule has 0 spiro atoms. The summed E-state index contributed by atoms with van der Waals surface area (Å²) in [6.07, 6.45) is 0. The number of aryl methyl sites for hydroxylation is 1.